The van der Waals surface area contributed by atoms with Gasteiger partial charge in [-0.1, -0.05) is 35.5 Å². The lowest BCUT2D eigenvalue weighted by Crippen LogP contribution is -2.15. The van der Waals surface area contributed by atoms with Crippen molar-refractivity contribution in [3.63, 3.8) is 0 Å². The van der Waals surface area contributed by atoms with E-state index in [1.54, 1.807) is 24.3 Å². The maximum Gasteiger partial charge on any atom is 0.234 e. The highest BCUT2D eigenvalue weighted by Crippen LogP contribution is 2.25. The zero-order valence-corrected chi connectivity index (χ0v) is 18.1. The summed E-state index contributed by atoms with van der Waals surface area (Å²) in [4.78, 5) is 12.2. The molecule has 29 heavy (non-hydrogen) atoms. The van der Waals surface area contributed by atoms with E-state index in [-0.39, 0.29) is 17.8 Å². The fourth-order valence-electron chi connectivity index (χ4n) is 2.81. The van der Waals surface area contributed by atoms with Gasteiger partial charge in [-0.2, -0.15) is 0 Å². The summed E-state index contributed by atoms with van der Waals surface area (Å²) < 4.78 is 8.00. The van der Waals surface area contributed by atoms with E-state index in [9.17, 15) is 4.79 Å². The topological polar surface area (TPSA) is 69.0 Å². The number of thioether (sulfide) groups is 1. The minimum atomic E-state index is -0.263. The third-order valence-electron chi connectivity index (χ3n) is 4.19. The molecular weight excluding hydrogens is 408 g/mol. The van der Waals surface area contributed by atoms with Gasteiger partial charge in [0.05, 0.1) is 5.75 Å². The van der Waals surface area contributed by atoms with Crippen LogP contribution in [-0.2, 0) is 11.3 Å². The maximum atomic E-state index is 12.2. The lowest BCUT2D eigenvalue weighted by molar-refractivity contribution is -0.113. The molecule has 6 nitrogen and oxygen atoms in total. The molecule has 1 N–H and O–H groups in total. The summed E-state index contributed by atoms with van der Waals surface area (Å²) in [5, 5.41) is 12.7. The molecule has 3 aromatic rings. The van der Waals surface area contributed by atoms with Crippen molar-refractivity contribution >= 4 is 35.0 Å². The number of carbonyl (C=O) groups is 1. The van der Waals surface area contributed by atoms with Gasteiger partial charge in [0.15, 0.2) is 17.1 Å². The lowest BCUT2D eigenvalue weighted by atomic mass is 10.2. The van der Waals surface area contributed by atoms with Crippen LogP contribution < -0.4 is 10.1 Å². The fraction of sp³-hybridized carbons (Fsp3) is 0.286. The van der Waals surface area contributed by atoms with Crippen LogP contribution in [0, 0.1) is 6.92 Å². The molecular formula is C21H23ClN4O2S. The molecule has 1 atom stereocenters. The van der Waals surface area contributed by atoms with Crippen LogP contribution in [0.2, 0.25) is 5.02 Å². The van der Waals surface area contributed by atoms with Gasteiger partial charge >= 0.3 is 0 Å². The predicted octanol–water partition coefficient (Wildman–Crippen LogP) is 5.13. The van der Waals surface area contributed by atoms with Crippen molar-refractivity contribution in [3.05, 3.63) is 64.9 Å². The fourth-order valence-corrected chi connectivity index (χ4v) is 3.75. The smallest absolute Gasteiger partial charge is 0.234 e. The zero-order chi connectivity index (χ0) is 20.8. The molecule has 0 aliphatic carbocycles. The Labute approximate surface area is 179 Å². The van der Waals surface area contributed by atoms with Crippen LogP contribution in [0.4, 0.5) is 5.69 Å². The van der Waals surface area contributed by atoms with Gasteiger partial charge in [-0.3, -0.25) is 4.79 Å². The summed E-state index contributed by atoms with van der Waals surface area (Å²) in [5.41, 5.74) is 1.84. The van der Waals surface area contributed by atoms with Crippen molar-refractivity contribution in [1.29, 1.82) is 0 Å². The second-order valence-corrected chi connectivity index (χ2v) is 7.88. The number of hydrogen-bond donors (Lipinski definition) is 1. The van der Waals surface area contributed by atoms with Gasteiger partial charge < -0.3 is 14.6 Å². The molecule has 0 radical (unpaired) electrons. The van der Waals surface area contributed by atoms with E-state index in [1.807, 2.05) is 49.6 Å². The third-order valence-corrected chi connectivity index (χ3v) is 5.41. The summed E-state index contributed by atoms with van der Waals surface area (Å²) in [7, 11) is 0. The normalized spacial score (nSPS) is 11.9. The first-order valence-corrected chi connectivity index (χ1v) is 10.7. The number of benzene rings is 2. The first-order valence-electron chi connectivity index (χ1n) is 9.31. The SMILES string of the molecule is CCn1c(SCC(=O)Nc2ccc(Cl)cc2)nnc1C(C)Oc1cccc(C)c1. The number of ether oxygens (including phenoxy) is 1. The number of amides is 1. The highest BCUT2D eigenvalue weighted by molar-refractivity contribution is 7.99. The van der Waals surface area contributed by atoms with E-state index in [0.29, 0.717) is 22.4 Å². The van der Waals surface area contributed by atoms with Crippen molar-refractivity contribution in [1.82, 2.24) is 14.8 Å². The lowest BCUT2D eigenvalue weighted by Gasteiger charge is -2.16. The minimum Gasteiger partial charge on any atom is -0.483 e. The molecule has 1 aromatic heterocycles. The average Bonchev–Trinajstić information content (AvgIpc) is 3.11. The Hall–Kier alpha value is -2.51. The highest BCUT2D eigenvalue weighted by atomic mass is 35.5. The molecule has 8 heteroatoms. The van der Waals surface area contributed by atoms with E-state index in [0.717, 1.165) is 17.1 Å². The molecule has 0 bridgehead atoms. The van der Waals surface area contributed by atoms with E-state index < -0.39 is 0 Å². The van der Waals surface area contributed by atoms with Crippen molar-refractivity contribution in [2.75, 3.05) is 11.1 Å². The Kier molecular flexibility index (Phi) is 7.17. The van der Waals surface area contributed by atoms with Crippen molar-refractivity contribution < 1.29 is 9.53 Å². The van der Waals surface area contributed by atoms with Crippen molar-refractivity contribution in [3.8, 4) is 5.75 Å². The van der Waals surface area contributed by atoms with Gasteiger partial charge in [0, 0.05) is 17.3 Å². The van der Waals surface area contributed by atoms with Crippen LogP contribution in [0.1, 0.15) is 31.3 Å². The molecule has 0 aliphatic rings. The Morgan fingerprint density at radius 3 is 2.69 bits per heavy atom. The largest absolute Gasteiger partial charge is 0.483 e. The van der Waals surface area contributed by atoms with E-state index in [2.05, 4.69) is 15.5 Å². The number of aromatic nitrogens is 3. The molecule has 2 aromatic carbocycles. The summed E-state index contributed by atoms with van der Waals surface area (Å²) >= 11 is 7.21. The molecule has 152 valence electrons. The molecule has 3 rings (SSSR count). The van der Waals surface area contributed by atoms with Crippen molar-refractivity contribution in [2.24, 2.45) is 0 Å². The summed E-state index contributed by atoms with van der Waals surface area (Å²) in [6, 6.07) is 14.9. The maximum absolute atomic E-state index is 12.2. The summed E-state index contributed by atoms with van der Waals surface area (Å²) in [5.74, 6) is 1.64. The summed E-state index contributed by atoms with van der Waals surface area (Å²) in [6.07, 6.45) is -0.263. The number of aryl methyl sites for hydroxylation is 1. The third kappa shape index (κ3) is 5.74. The van der Waals surface area contributed by atoms with Crippen LogP contribution in [0.5, 0.6) is 5.75 Å². The molecule has 0 saturated carbocycles. The first kappa shape index (κ1) is 21.2. The number of rotatable bonds is 8. The van der Waals surface area contributed by atoms with E-state index in [4.69, 9.17) is 16.3 Å². The monoisotopic (exact) mass is 430 g/mol. The van der Waals surface area contributed by atoms with Crippen LogP contribution in [0.25, 0.3) is 0 Å². The highest BCUT2D eigenvalue weighted by Gasteiger charge is 2.19. The van der Waals surface area contributed by atoms with Gasteiger partial charge in [0.25, 0.3) is 0 Å². The van der Waals surface area contributed by atoms with Crippen LogP contribution >= 0.6 is 23.4 Å². The van der Waals surface area contributed by atoms with E-state index in [1.165, 1.54) is 11.8 Å². The van der Waals surface area contributed by atoms with Gasteiger partial charge in [-0.05, 0) is 62.7 Å². The Morgan fingerprint density at radius 1 is 1.24 bits per heavy atom. The standard InChI is InChI=1S/C21H23ClN4O2S/c1-4-26-20(15(3)28-18-7-5-6-14(2)12-18)24-25-21(26)29-13-19(27)23-17-10-8-16(22)9-11-17/h5-12,15H,4,13H2,1-3H3,(H,23,27). The minimum absolute atomic E-state index is 0.117. The molecule has 1 amide bonds. The number of anilines is 1. The number of carbonyl (C=O) groups excluding carboxylic acids is 1. The number of hydrogen-bond acceptors (Lipinski definition) is 5. The molecule has 0 aliphatic heterocycles. The number of nitrogens with zero attached hydrogens (tertiary/aromatic N) is 3. The zero-order valence-electron chi connectivity index (χ0n) is 16.6. The van der Waals surface area contributed by atoms with Crippen LogP contribution in [0.15, 0.2) is 53.7 Å². The number of nitrogens with one attached hydrogen (secondary N) is 1. The average molecular weight is 431 g/mol. The van der Waals surface area contributed by atoms with Gasteiger partial charge in [0.1, 0.15) is 5.75 Å². The number of halogens is 1. The second kappa shape index (κ2) is 9.80. The Morgan fingerprint density at radius 2 is 2.00 bits per heavy atom. The van der Waals surface area contributed by atoms with Crippen LogP contribution in [0.3, 0.4) is 0 Å². The Bertz CT molecular complexity index is 975. The van der Waals surface area contributed by atoms with Crippen molar-refractivity contribution in [2.45, 2.75) is 38.6 Å². The molecule has 0 saturated heterocycles. The molecule has 1 unspecified atom stereocenters. The van der Waals surface area contributed by atoms with Gasteiger partial charge in [-0.25, -0.2) is 0 Å². The van der Waals surface area contributed by atoms with Gasteiger partial charge in [0.2, 0.25) is 5.91 Å². The molecule has 1 heterocycles. The Balaban J connectivity index is 1.62. The first-order chi connectivity index (χ1) is 14.0. The molecule has 0 fully saturated rings. The predicted molar refractivity (Wildman–Crippen MR) is 117 cm³/mol. The summed E-state index contributed by atoms with van der Waals surface area (Å²) in [6.45, 7) is 6.67. The van der Waals surface area contributed by atoms with Gasteiger partial charge in [-0.15, -0.1) is 10.2 Å². The quantitative estimate of drug-likeness (QED) is 0.501. The molecule has 0 spiro atoms. The van der Waals surface area contributed by atoms with E-state index >= 15 is 0 Å². The van der Waals surface area contributed by atoms with Crippen LogP contribution in [-0.4, -0.2) is 26.4 Å². The second-order valence-electron chi connectivity index (χ2n) is 6.51.